The van der Waals surface area contributed by atoms with E-state index in [0.717, 1.165) is 64.2 Å². The van der Waals surface area contributed by atoms with Crippen molar-refractivity contribution in [2.45, 2.75) is 277 Å². The molecule has 0 aromatic carbocycles. The minimum atomic E-state index is -4.71. The summed E-state index contributed by atoms with van der Waals surface area (Å²) in [6.45, 7) is 6.67. The second-order valence-corrected chi connectivity index (χ2v) is 23.4. The predicted molar refractivity (Wildman–Crippen MR) is 321 cm³/mol. The Bertz CT molecular complexity index is 1560. The number of phosphoric ester groups is 1. The summed E-state index contributed by atoms with van der Waals surface area (Å²) in [5, 5.41) is 3.02. The molecule has 0 bridgehead atoms. The molecule has 0 saturated heterocycles. The van der Waals surface area contributed by atoms with Crippen LogP contribution < -0.4 is 10.2 Å². The minimum Gasteiger partial charge on any atom is -0.756 e. The Labute approximate surface area is 463 Å². The third-order valence-electron chi connectivity index (χ3n) is 13.5. The molecule has 0 aliphatic carbocycles. The zero-order valence-electron chi connectivity index (χ0n) is 49.5. The first-order chi connectivity index (χ1) is 36.4. The van der Waals surface area contributed by atoms with E-state index in [0.29, 0.717) is 23.9 Å². The van der Waals surface area contributed by atoms with Gasteiger partial charge in [0.15, 0.2) is 0 Å². The number of carbonyl (C=O) groups is 2. The van der Waals surface area contributed by atoms with Gasteiger partial charge in [-0.2, -0.15) is 0 Å². The Morgan fingerprint density at radius 2 is 0.853 bits per heavy atom. The normalized spacial score (nSPS) is 14.3. The molecule has 0 radical (unpaired) electrons. The molecule has 75 heavy (non-hydrogen) atoms. The van der Waals surface area contributed by atoms with E-state index in [2.05, 4.69) is 38.2 Å². The van der Waals surface area contributed by atoms with E-state index in [-0.39, 0.29) is 24.9 Å². The number of quaternary nitrogens is 1. The number of carbonyl (C=O) groups excluding carboxylic acids is 2. The van der Waals surface area contributed by atoms with Gasteiger partial charge in [-0.05, 0) is 51.0 Å². The number of likely N-dealkylation sites (N-methyl/N-ethyl adjacent to an activating group) is 1. The highest BCUT2D eigenvalue weighted by atomic mass is 31.2. The maximum absolute atomic E-state index is 13.5. The van der Waals surface area contributed by atoms with Crippen molar-refractivity contribution >= 4 is 19.7 Å². The van der Waals surface area contributed by atoms with Crippen LogP contribution in [-0.2, 0) is 27.9 Å². The first-order valence-electron chi connectivity index (χ1n) is 31.0. The van der Waals surface area contributed by atoms with Crippen LogP contribution in [0.3, 0.4) is 0 Å². The molecule has 9 nitrogen and oxygen atoms in total. The van der Waals surface area contributed by atoms with Crippen LogP contribution >= 0.6 is 7.82 Å². The largest absolute Gasteiger partial charge is 0.756 e. The molecule has 0 heterocycles. The molecule has 0 spiro atoms. The van der Waals surface area contributed by atoms with Gasteiger partial charge < -0.3 is 28.5 Å². The molecule has 10 heteroatoms. The minimum absolute atomic E-state index is 0.0323. The maximum Gasteiger partial charge on any atom is 0.306 e. The van der Waals surface area contributed by atoms with Crippen LogP contribution in [0.4, 0.5) is 0 Å². The Morgan fingerprint density at radius 3 is 1.29 bits per heavy atom. The topological polar surface area (TPSA) is 114 Å². The Hall–Kier alpha value is -2.81. The fourth-order valence-electron chi connectivity index (χ4n) is 8.73. The zero-order valence-corrected chi connectivity index (χ0v) is 50.4. The maximum atomic E-state index is 13.5. The van der Waals surface area contributed by atoms with Gasteiger partial charge in [0.2, 0.25) is 5.91 Å². The van der Waals surface area contributed by atoms with Gasteiger partial charge in [-0.15, -0.1) is 0 Å². The molecular formula is C65H117N2O7P. The lowest BCUT2D eigenvalue weighted by molar-refractivity contribution is -0.870. The van der Waals surface area contributed by atoms with E-state index in [1.807, 2.05) is 94.1 Å². The second-order valence-electron chi connectivity index (χ2n) is 22.0. The summed E-state index contributed by atoms with van der Waals surface area (Å²) in [7, 11) is 1.15. The Balaban J connectivity index is 5.25. The average molecular weight is 1070 g/mol. The third kappa shape index (κ3) is 55.7. The van der Waals surface area contributed by atoms with Gasteiger partial charge in [0.05, 0.1) is 33.8 Å². The SMILES string of the molecule is CC\C=C/C=C/C=C/C=C\C=C\C=C\CCCCCC(=O)OC(/C=C/CCCCCCCCCCC)C(COP(=O)([O-])OCC[N+](C)(C)C)NC(=O)CCCCCCCCCCCCCCCCCCCCCCC. The number of esters is 1. The Morgan fingerprint density at radius 1 is 0.480 bits per heavy atom. The lowest BCUT2D eigenvalue weighted by atomic mass is 10.0. The number of nitrogens with zero attached hydrogens (tertiary/aromatic N) is 1. The van der Waals surface area contributed by atoms with Gasteiger partial charge in [0, 0.05) is 12.8 Å². The van der Waals surface area contributed by atoms with Crippen LogP contribution in [0.25, 0.3) is 0 Å². The standard InChI is InChI=1S/C65H117N2O7P/c1-7-10-13-16-19-22-25-27-29-31-32-33-34-36-37-39-42-45-48-51-54-57-64(68)66-62(61-73-75(70,71)72-60-59-67(4,5)6)63(56-53-50-47-44-41-24-21-18-15-12-9-3)74-65(69)58-55-52-49-46-43-40-38-35-30-28-26-23-20-17-14-11-8-2/h11,14,17,20,23,26,28,30,35,38,40,43,53,56,62-63H,7-10,12-13,15-16,18-19,21-22,24-25,27,29,31-34,36-37,39,41-42,44-52,54-55,57-61H2,1-6H3,(H-,66,68,70,71)/b14-11-,20-17+,26-23+,30-28-,38-35+,43-40+,56-53+. The summed E-state index contributed by atoms with van der Waals surface area (Å²) in [5.74, 6) is -0.589. The van der Waals surface area contributed by atoms with E-state index in [1.54, 1.807) is 0 Å². The van der Waals surface area contributed by atoms with E-state index in [9.17, 15) is 19.0 Å². The van der Waals surface area contributed by atoms with Crippen molar-refractivity contribution in [3.8, 4) is 0 Å². The summed E-state index contributed by atoms with van der Waals surface area (Å²) >= 11 is 0. The lowest BCUT2D eigenvalue weighted by Gasteiger charge is -2.30. The number of phosphoric acid groups is 1. The molecule has 0 saturated carbocycles. The molecule has 0 fully saturated rings. The average Bonchev–Trinajstić information content (AvgIpc) is 3.37. The molecule has 1 amide bonds. The van der Waals surface area contributed by atoms with Crippen molar-refractivity contribution in [1.29, 1.82) is 0 Å². The van der Waals surface area contributed by atoms with Crippen molar-refractivity contribution < 1.29 is 37.3 Å². The number of allylic oxidation sites excluding steroid dienone is 13. The van der Waals surface area contributed by atoms with Crippen molar-refractivity contribution in [1.82, 2.24) is 5.32 Å². The number of hydrogen-bond donors (Lipinski definition) is 1. The van der Waals surface area contributed by atoms with Crippen LogP contribution in [0.15, 0.2) is 85.1 Å². The quantitative estimate of drug-likeness (QED) is 0.0161. The first kappa shape index (κ1) is 72.2. The molecule has 1 N–H and O–H groups in total. The van der Waals surface area contributed by atoms with Crippen LogP contribution in [0.1, 0.15) is 265 Å². The summed E-state index contributed by atoms with van der Waals surface area (Å²) in [4.78, 5) is 39.9. The predicted octanol–water partition coefficient (Wildman–Crippen LogP) is 18.4. The highest BCUT2D eigenvalue weighted by molar-refractivity contribution is 7.45. The van der Waals surface area contributed by atoms with Crippen molar-refractivity contribution in [3.63, 3.8) is 0 Å². The fraction of sp³-hybridized carbons (Fsp3) is 0.754. The van der Waals surface area contributed by atoms with Crippen LogP contribution in [0.2, 0.25) is 0 Å². The molecule has 434 valence electrons. The summed E-state index contributed by atoms with van der Waals surface area (Å²) in [5.41, 5.74) is 0. The fourth-order valence-corrected chi connectivity index (χ4v) is 9.45. The van der Waals surface area contributed by atoms with Crippen molar-refractivity contribution in [3.05, 3.63) is 85.1 Å². The van der Waals surface area contributed by atoms with E-state index in [1.165, 1.54) is 161 Å². The van der Waals surface area contributed by atoms with Gasteiger partial charge >= 0.3 is 5.97 Å². The van der Waals surface area contributed by atoms with Crippen molar-refractivity contribution in [2.75, 3.05) is 40.9 Å². The lowest BCUT2D eigenvalue weighted by Crippen LogP contribution is -2.47. The van der Waals surface area contributed by atoms with Gasteiger partial charge in [-0.3, -0.25) is 14.2 Å². The highest BCUT2D eigenvalue weighted by Crippen LogP contribution is 2.38. The molecule has 0 aromatic heterocycles. The first-order valence-corrected chi connectivity index (χ1v) is 32.4. The van der Waals surface area contributed by atoms with Gasteiger partial charge in [-0.1, -0.05) is 286 Å². The molecule has 0 rings (SSSR count). The Kier molecular flexibility index (Phi) is 52.5. The smallest absolute Gasteiger partial charge is 0.306 e. The third-order valence-corrected chi connectivity index (χ3v) is 14.5. The molecule has 0 aromatic rings. The van der Waals surface area contributed by atoms with Crippen LogP contribution in [-0.4, -0.2) is 69.4 Å². The molecule has 0 aliphatic rings. The van der Waals surface area contributed by atoms with Crippen LogP contribution in [0.5, 0.6) is 0 Å². The second kappa shape index (κ2) is 54.5. The van der Waals surface area contributed by atoms with E-state index >= 15 is 0 Å². The highest BCUT2D eigenvalue weighted by Gasteiger charge is 2.27. The van der Waals surface area contributed by atoms with E-state index < -0.39 is 26.6 Å². The summed E-state index contributed by atoms with van der Waals surface area (Å²) in [6, 6.07) is -0.908. The number of unbranched alkanes of at least 4 members (excludes halogenated alkanes) is 32. The summed E-state index contributed by atoms with van der Waals surface area (Å²) < 4.78 is 30.2. The number of rotatable bonds is 55. The monoisotopic (exact) mass is 1070 g/mol. The molecule has 3 unspecified atom stereocenters. The number of nitrogens with one attached hydrogen (secondary N) is 1. The number of ether oxygens (including phenoxy) is 1. The number of hydrogen-bond acceptors (Lipinski definition) is 7. The molecular weight excluding hydrogens is 952 g/mol. The van der Waals surface area contributed by atoms with Crippen LogP contribution in [0, 0.1) is 0 Å². The van der Waals surface area contributed by atoms with Gasteiger partial charge in [0.25, 0.3) is 7.82 Å². The van der Waals surface area contributed by atoms with Gasteiger partial charge in [-0.25, -0.2) is 0 Å². The van der Waals surface area contributed by atoms with E-state index in [4.69, 9.17) is 13.8 Å². The summed E-state index contributed by atoms with van der Waals surface area (Å²) in [6.07, 6.45) is 71.3. The molecule has 0 aliphatic heterocycles. The molecule has 3 atom stereocenters. The number of amides is 1. The van der Waals surface area contributed by atoms with Crippen molar-refractivity contribution in [2.24, 2.45) is 0 Å². The zero-order chi connectivity index (χ0) is 55.0. The van der Waals surface area contributed by atoms with Gasteiger partial charge in [0.1, 0.15) is 19.3 Å².